The molecule has 1 amide bonds. The molecule has 0 unspecified atom stereocenters. The fourth-order valence-corrected chi connectivity index (χ4v) is 3.54. The molecule has 0 aliphatic heterocycles. The van der Waals surface area contributed by atoms with Gasteiger partial charge in [-0.3, -0.25) is 9.69 Å². The van der Waals surface area contributed by atoms with Crippen molar-refractivity contribution in [1.82, 2.24) is 10.2 Å². The minimum absolute atomic E-state index is 0.0300. The van der Waals surface area contributed by atoms with E-state index in [0.717, 1.165) is 12.1 Å². The first kappa shape index (κ1) is 17.3. The van der Waals surface area contributed by atoms with Crippen molar-refractivity contribution >= 4 is 40.4 Å². The normalized spacial score (nSPS) is 12.4. The maximum atomic E-state index is 12.1. The molecule has 1 heterocycles. The van der Waals surface area contributed by atoms with E-state index in [-0.39, 0.29) is 11.9 Å². The zero-order chi connectivity index (χ0) is 16.1. The van der Waals surface area contributed by atoms with Gasteiger partial charge in [-0.15, -0.1) is 11.3 Å². The molecule has 2 aromatic rings. The van der Waals surface area contributed by atoms with Crippen LogP contribution in [0.25, 0.3) is 0 Å². The predicted molar refractivity (Wildman–Crippen MR) is 93.7 cm³/mol. The Kier molecular flexibility index (Phi) is 6.26. The Morgan fingerprint density at radius 3 is 2.77 bits per heavy atom. The fraction of sp³-hybridized carbons (Fsp3) is 0.312. The van der Waals surface area contributed by atoms with Crippen LogP contribution in [0.4, 0.5) is 0 Å². The topological polar surface area (TPSA) is 32.3 Å². The van der Waals surface area contributed by atoms with E-state index >= 15 is 0 Å². The van der Waals surface area contributed by atoms with E-state index < -0.39 is 0 Å². The number of halogens is 2. The van der Waals surface area contributed by atoms with E-state index in [0.29, 0.717) is 16.6 Å². The van der Waals surface area contributed by atoms with Gasteiger partial charge in [-0.2, -0.15) is 0 Å². The van der Waals surface area contributed by atoms with Crippen LogP contribution in [0, 0.1) is 0 Å². The predicted octanol–water partition coefficient (Wildman–Crippen LogP) is 4.36. The molecule has 6 heteroatoms. The Labute approximate surface area is 144 Å². The summed E-state index contributed by atoms with van der Waals surface area (Å²) in [6, 6.07) is 9.21. The van der Waals surface area contributed by atoms with E-state index in [9.17, 15) is 4.79 Å². The number of rotatable bonds is 6. The smallest absolute Gasteiger partial charge is 0.234 e. The standard InChI is InChI=1S/C16H18Cl2N2OS/c1-11(14-6-5-12(17)8-15(14)18)19-16(21)10-20(2)9-13-4-3-7-22-13/h3-8,11H,9-10H2,1-2H3,(H,19,21)/t11-/m1/s1. The minimum Gasteiger partial charge on any atom is -0.348 e. The van der Waals surface area contributed by atoms with Crippen LogP contribution in [0.3, 0.4) is 0 Å². The Morgan fingerprint density at radius 2 is 2.14 bits per heavy atom. The van der Waals surface area contributed by atoms with Gasteiger partial charge in [0.05, 0.1) is 12.6 Å². The Morgan fingerprint density at radius 1 is 1.36 bits per heavy atom. The summed E-state index contributed by atoms with van der Waals surface area (Å²) in [5.41, 5.74) is 0.861. The highest BCUT2D eigenvalue weighted by Crippen LogP contribution is 2.26. The van der Waals surface area contributed by atoms with Crippen molar-refractivity contribution in [2.45, 2.75) is 19.5 Å². The zero-order valence-electron chi connectivity index (χ0n) is 12.5. The summed E-state index contributed by atoms with van der Waals surface area (Å²) in [6.45, 7) is 3.01. The van der Waals surface area contributed by atoms with Gasteiger partial charge in [-0.25, -0.2) is 0 Å². The quantitative estimate of drug-likeness (QED) is 0.833. The summed E-state index contributed by atoms with van der Waals surface area (Å²) in [6.07, 6.45) is 0. The number of hydrogen-bond donors (Lipinski definition) is 1. The summed E-state index contributed by atoms with van der Waals surface area (Å²) in [7, 11) is 1.93. The summed E-state index contributed by atoms with van der Waals surface area (Å²) in [4.78, 5) is 15.3. The summed E-state index contributed by atoms with van der Waals surface area (Å²) < 4.78 is 0. The van der Waals surface area contributed by atoms with Crippen LogP contribution in [0.1, 0.15) is 23.4 Å². The number of likely N-dealkylation sites (N-methyl/N-ethyl adjacent to an activating group) is 1. The average Bonchev–Trinajstić information content (AvgIpc) is 2.90. The third-order valence-corrected chi connectivity index (χ3v) is 4.65. The highest BCUT2D eigenvalue weighted by atomic mass is 35.5. The molecule has 0 aliphatic carbocycles. The van der Waals surface area contributed by atoms with E-state index in [1.165, 1.54) is 4.88 Å². The number of hydrogen-bond acceptors (Lipinski definition) is 3. The molecule has 118 valence electrons. The molecular formula is C16H18Cl2N2OS. The molecule has 1 atom stereocenters. The molecule has 2 rings (SSSR count). The Balaban J connectivity index is 1.88. The molecule has 0 saturated heterocycles. The fourth-order valence-electron chi connectivity index (χ4n) is 2.19. The highest BCUT2D eigenvalue weighted by Gasteiger charge is 2.14. The molecule has 3 nitrogen and oxygen atoms in total. The van der Waals surface area contributed by atoms with E-state index in [4.69, 9.17) is 23.2 Å². The Hall–Kier alpha value is -1.07. The van der Waals surface area contributed by atoms with Crippen LogP contribution in [-0.2, 0) is 11.3 Å². The van der Waals surface area contributed by atoms with Crippen LogP contribution in [-0.4, -0.2) is 24.4 Å². The van der Waals surface area contributed by atoms with Crippen molar-refractivity contribution in [2.75, 3.05) is 13.6 Å². The van der Waals surface area contributed by atoms with Gasteiger partial charge < -0.3 is 5.32 Å². The maximum Gasteiger partial charge on any atom is 0.234 e. The molecule has 0 aliphatic rings. The molecular weight excluding hydrogens is 339 g/mol. The van der Waals surface area contributed by atoms with Gasteiger partial charge in [-0.1, -0.05) is 35.3 Å². The lowest BCUT2D eigenvalue weighted by Crippen LogP contribution is -2.36. The Bertz CT molecular complexity index is 631. The first-order chi connectivity index (χ1) is 10.5. The molecule has 1 aromatic carbocycles. The molecule has 0 fully saturated rings. The third-order valence-electron chi connectivity index (χ3n) is 3.23. The number of nitrogens with zero attached hydrogens (tertiary/aromatic N) is 1. The number of carbonyl (C=O) groups is 1. The SMILES string of the molecule is C[C@@H](NC(=O)CN(C)Cc1cccs1)c1ccc(Cl)cc1Cl. The summed E-state index contributed by atoms with van der Waals surface area (Å²) >= 11 is 13.7. The first-order valence-electron chi connectivity index (χ1n) is 6.91. The zero-order valence-corrected chi connectivity index (χ0v) is 14.8. The number of nitrogens with one attached hydrogen (secondary N) is 1. The number of amides is 1. The number of benzene rings is 1. The second kappa shape index (κ2) is 7.97. The molecule has 22 heavy (non-hydrogen) atoms. The van der Waals surface area contributed by atoms with Crippen LogP contribution in [0.2, 0.25) is 10.0 Å². The molecule has 1 aromatic heterocycles. The molecule has 0 saturated carbocycles. The van der Waals surface area contributed by atoms with Crippen LogP contribution in [0.5, 0.6) is 0 Å². The van der Waals surface area contributed by atoms with Crippen LogP contribution < -0.4 is 5.32 Å². The molecule has 0 spiro atoms. The number of carbonyl (C=O) groups excluding carboxylic acids is 1. The monoisotopic (exact) mass is 356 g/mol. The molecule has 0 bridgehead atoms. The lowest BCUT2D eigenvalue weighted by molar-refractivity contribution is -0.122. The third kappa shape index (κ3) is 4.99. The number of thiophene rings is 1. The highest BCUT2D eigenvalue weighted by molar-refractivity contribution is 7.09. The lowest BCUT2D eigenvalue weighted by Gasteiger charge is -2.19. The van der Waals surface area contributed by atoms with Gasteiger partial charge in [0.25, 0.3) is 0 Å². The van der Waals surface area contributed by atoms with E-state index in [1.807, 2.05) is 36.4 Å². The lowest BCUT2D eigenvalue weighted by atomic mass is 10.1. The van der Waals surface area contributed by atoms with Crippen molar-refractivity contribution in [3.63, 3.8) is 0 Å². The second-order valence-corrected chi connectivity index (χ2v) is 7.08. The van der Waals surface area contributed by atoms with Gasteiger partial charge in [0, 0.05) is 21.5 Å². The average molecular weight is 357 g/mol. The first-order valence-corrected chi connectivity index (χ1v) is 8.54. The summed E-state index contributed by atoms with van der Waals surface area (Å²) in [5.74, 6) is -0.0300. The molecule has 0 radical (unpaired) electrons. The van der Waals surface area contributed by atoms with Crippen molar-refractivity contribution in [2.24, 2.45) is 0 Å². The van der Waals surface area contributed by atoms with Crippen LogP contribution in [0.15, 0.2) is 35.7 Å². The van der Waals surface area contributed by atoms with Gasteiger partial charge in [0.1, 0.15) is 0 Å². The van der Waals surface area contributed by atoms with Crippen molar-refractivity contribution in [1.29, 1.82) is 0 Å². The van der Waals surface area contributed by atoms with Crippen LogP contribution >= 0.6 is 34.5 Å². The van der Waals surface area contributed by atoms with Gasteiger partial charge >= 0.3 is 0 Å². The van der Waals surface area contributed by atoms with E-state index in [2.05, 4.69) is 11.4 Å². The van der Waals surface area contributed by atoms with Crippen molar-refractivity contribution in [3.8, 4) is 0 Å². The van der Waals surface area contributed by atoms with E-state index in [1.54, 1.807) is 23.5 Å². The van der Waals surface area contributed by atoms with Gasteiger partial charge in [-0.05, 0) is 43.1 Å². The summed E-state index contributed by atoms with van der Waals surface area (Å²) in [5, 5.41) is 6.15. The maximum absolute atomic E-state index is 12.1. The van der Waals surface area contributed by atoms with Crippen molar-refractivity contribution < 1.29 is 4.79 Å². The van der Waals surface area contributed by atoms with Gasteiger partial charge in [0.2, 0.25) is 5.91 Å². The molecule has 1 N–H and O–H groups in total. The minimum atomic E-state index is -0.160. The largest absolute Gasteiger partial charge is 0.348 e. The van der Waals surface area contributed by atoms with Crippen molar-refractivity contribution in [3.05, 3.63) is 56.2 Å². The second-order valence-electron chi connectivity index (χ2n) is 5.21. The van der Waals surface area contributed by atoms with Gasteiger partial charge in [0.15, 0.2) is 0 Å².